The van der Waals surface area contributed by atoms with Crippen LogP contribution in [0.5, 0.6) is 0 Å². The number of aromatic amines is 1. The zero-order valence-electron chi connectivity index (χ0n) is 10.3. The first-order valence-electron chi connectivity index (χ1n) is 6.15. The molecule has 2 aromatic heterocycles. The molecule has 4 rings (SSSR count). The highest BCUT2D eigenvalue weighted by Gasteiger charge is 2.08. The summed E-state index contributed by atoms with van der Waals surface area (Å²) in [6, 6.07) is 15.9. The summed E-state index contributed by atoms with van der Waals surface area (Å²) in [6.45, 7) is 0. The Hall–Kier alpha value is -2.34. The fourth-order valence-electron chi connectivity index (χ4n) is 2.19. The van der Waals surface area contributed by atoms with E-state index in [0.717, 1.165) is 21.2 Å². The maximum Gasteiger partial charge on any atom is 0.253 e. The number of fused-ring (bicyclic) bond motifs is 3. The molecule has 0 aliphatic carbocycles. The molecular weight excluding hydrogens is 318 g/mol. The van der Waals surface area contributed by atoms with E-state index >= 15 is 0 Å². The lowest BCUT2D eigenvalue weighted by Gasteiger charge is -2.02. The first kappa shape index (κ1) is 11.5. The van der Waals surface area contributed by atoms with Gasteiger partial charge in [0.25, 0.3) is 5.78 Å². The van der Waals surface area contributed by atoms with Crippen molar-refractivity contribution in [2.24, 2.45) is 0 Å². The van der Waals surface area contributed by atoms with Crippen LogP contribution >= 0.6 is 15.9 Å². The number of hydrogen-bond acceptors (Lipinski definition) is 3. The Morgan fingerprint density at radius 2 is 1.95 bits per heavy atom. The van der Waals surface area contributed by atoms with Gasteiger partial charge in [-0.1, -0.05) is 34.1 Å². The summed E-state index contributed by atoms with van der Waals surface area (Å²) in [7, 11) is 0. The number of hydrogen-bond donors (Lipinski definition) is 2. The SMILES string of the molecule is Brc1cccc(Nc2nc3nc4ccccc4n3[nH]2)c1. The van der Waals surface area contributed by atoms with Crippen LogP contribution in [0.3, 0.4) is 0 Å². The summed E-state index contributed by atoms with van der Waals surface area (Å²) in [5.74, 6) is 1.32. The second-order valence-corrected chi connectivity index (χ2v) is 5.36. The van der Waals surface area contributed by atoms with Crippen LogP contribution in [-0.2, 0) is 0 Å². The summed E-state index contributed by atoms with van der Waals surface area (Å²) >= 11 is 3.45. The van der Waals surface area contributed by atoms with Gasteiger partial charge in [0.15, 0.2) is 0 Å². The van der Waals surface area contributed by atoms with Crippen molar-refractivity contribution >= 4 is 44.4 Å². The Bertz CT molecular complexity index is 908. The van der Waals surface area contributed by atoms with Gasteiger partial charge in [0.05, 0.1) is 11.0 Å². The minimum atomic E-state index is 0.656. The second kappa shape index (κ2) is 4.35. The largest absolute Gasteiger partial charge is 0.325 e. The van der Waals surface area contributed by atoms with Crippen LogP contribution in [0.2, 0.25) is 0 Å². The van der Waals surface area contributed by atoms with Crippen LogP contribution in [0.1, 0.15) is 0 Å². The predicted molar refractivity (Wildman–Crippen MR) is 82.3 cm³/mol. The molecule has 0 radical (unpaired) electrons. The zero-order valence-corrected chi connectivity index (χ0v) is 11.9. The second-order valence-electron chi connectivity index (χ2n) is 4.44. The summed E-state index contributed by atoms with van der Waals surface area (Å²) in [4.78, 5) is 8.91. The highest BCUT2D eigenvalue weighted by molar-refractivity contribution is 9.10. The lowest BCUT2D eigenvalue weighted by molar-refractivity contribution is 1.01. The van der Waals surface area contributed by atoms with E-state index in [4.69, 9.17) is 0 Å². The number of rotatable bonds is 2. The number of nitrogens with one attached hydrogen (secondary N) is 2. The van der Waals surface area contributed by atoms with E-state index in [2.05, 4.69) is 36.3 Å². The highest BCUT2D eigenvalue weighted by atomic mass is 79.9. The van der Waals surface area contributed by atoms with Gasteiger partial charge in [0, 0.05) is 10.2 Å². The molecule has 20 heavy (non-hydrogen) atoms. The Kier molecular flexibility index (Phi) is 2.50. The molecule has 0 fully saturated rings. The summed E-state index contributed by atoms with van der Waals surface area (Å²) in [5, 5.41) is 6.43. The van der Waals surface area contributed by atoms with Gasteiger partial charge in [0.2, 0.25) is 5.95 Å². The monoisotopic (exact) mass is 327 g/mol. The molecule has 0 atom stereocenters. The number of para-hydroxylation sites is 2. The Balaban J connectivity index is 1.77. The van der Waals surface area contributed by atoms with Gasteiger partial charge in [-0.2, -0.15) is 4.98 Å². The van der Waals surface area contributed by atoms with E-state index in [1.807, 2.05) is 53.0 Å². The van der Waals surface area contributed by atoms with Gasteiger partial charge in [-0.05, 0) is 30.3 Å². The molecule has 2 heterocycles. The number of imidazole rings is 1. The lowest BCUT2D eigenvalue weighted by atomic mass is 10.3. The van der Waals surface area contributed by atoms with E-state index in [-0.39, 0.29) is 0 Å². The number of halogens is 1. The van der Waals surface area contributed by atoms with Gasteiger partial charge in [-0.25, -0.2) is 9.50 Å². The third-order valence-electron chi connectivity index (χ3n) is 3.06. The molecule has 2 aromatic carbocycles. The van der Waals surface area contributed by atoms with Crippen molar-refractivity contribution in [3.63, 3.8) is 0 Å². The average Bonchev–Trinajstić information content (AvgIpc) is 2.95. The van der Waals surface area contributed by atoms with Crippen molar-refractivity contribution in [1.29, 1.82) is 0 Å². The maximum atomic E-state index is 4.47. The Morgan fingerprint density at radius 3 is 2.85 bits per heavy atom. The smallest absolute Gasteiger partial charge is 0.253 e. The molecule has 98 valence electrons. The van der Waals surface area contributed by atoms with Crippen molar-refractivity contribution in [2.45, 2.75) is 0 Å². The van der Waals surface area contributed by atoms with E-state index in [9.17, 15) is 0 Å². The average molecular weight is 328 g/mol. The molecule has 0 saturated heterocycles. The Morgan fingerprint density at radius 1 is 1.05 bits per heavy atom. The molecule has 0 spiro atoms. The normalized spacial score (nSPS) is 11.2. The van der Waals surface area contributed by atoms with Gasteiger partial charge >= 0.3 is 0 Å². The molecule has 0 unspecified atom stereocenters. The molecule has 6 heteroatoms. The van der Waals surface area contributed by atoms with Crippen molar-refractivity contribution in [3.8, 4) is 0 Å². The molecule has 0 amide bonds. The van der Waals surface area contributed by atoms with E-state index < -0.39 is 0 Å². The fourth-order valence-corrected chi connectivity index (χ4v) is 2.59. The van der Waals surface area contributed by atoms with Crippen LogP contribution < -0.4 is 5.32 Å². The molecule has 4 aromatic rings. The third kappa shape index (κ3) is 1.85. The van der Waals surface area contributed by atoms with Crippen LogP contribution in [0.4, 0.5) is 11.6 Å². The van der Waals surface area contributed by atoms with E-state index in [0.29, 0.717) is 11.7 Å². The quantitative estimate of drug-likeness (QED) is 0.590. The minimum absolute atomic E-state index is 0.656. The molecule has 0 aliphatic heterocycles. The molecule has 5 nitrogen and oxygen atoms in total. The Labute approximate surface area is 122 Å². The summed E-state index contributed by atoms with van der Waals surface area (Å²) in [5.41, 5.74) is 2.90. The third-order valence-corrected chi connectivity index (χ3v) is 3.55. The van der Waals surface area contributed by atoms with Gasteiger partial charge in [-0.15, -0.1) is 0 Å². The molecule has 0 aliphatic rings. The standard InChI is InChI=1S/C14H10BrN5/c15-9-4-3-5-10(8-9)16-13-18-14-17-11-6-1-2-7-12(11)20(14)19-13/h1-8H,(H2,16,17,18,19). The van der Waals surface area contributed by atoms with Crippen LogP contribution in [0, 0.1) is 0 Å². The maximum absolute atomic E-state index is 4.47. The minimum Gasteiger partial charge on any atom is -0.325 e. The number of anilines is 2. The first-order chi connectivity index (χ1) is 9.79. The van der Waals surface area contributed by atoms with Crippen molar-refractivity contribution < 1.29 is 0 Å². The predicted octanol–water partition coefficient (Wildman–Crippen LogP) is 3.72. The van der Waals surface area contributed by atoms with Crippen molar-refractivity contribution in [3.05, 3.63) is 53.0 Å². The van der Waals surface area contributed by atoms with Crippen molar-refractivity contribution in [2.75, 3.05) is 5.32 Å². The molecule has 0 saturated carbocycles. The highest BCUT2D eigenvalue weighted by Crippen LogP contribution is 2.20. The number of H-pyrrole nitrogens is 1. The van der Waals surface area contributed by atoms with Gasteiger partial charge in [0.1, 0.15) is 0 Å². The van der Waals surface area contributed by atoms with Crippen molar-refractivity contribution in [1.82, 2.24) is 19.6 Å². The zero-order chi connectivity index (χ0) is 13.5. The molecule has 0 bridgehead atoms. The number of benzene rings is 2. The fraction of sp³-hybridized carbons (Fsp3) is 0. The van der Waals surface area contributed by atoms with Gasteiger partial charge in [-0.3, -0.25) is 5.10 Å². The lowest BCUT2D eigenvalue weighted by Crippen LogP contribution is -1.93. The molecular formula is C14H10BrN5. The van der Waals surface area contributed by atoms with Crippen LogP contribution in [0.25, 0.3) is 16.8 Å². The summed E-state index contributed by atoms with van der Waals surface area (Å²) < 4.78 is 2.89. The topological polar surface area (TPSA) is 58.0 Å². The van der Waals surface area contributed by atoms with E-state index in [1.165, 1.54) is 0 Å². The van der Waals surface area contributed by atoms with Gasteiger partial charge < -0.3 is 5.32 Å². The number of aromatic nitrogens is 4. The first-order valence-corrected chi connectivity index (χ1v) is 6.95. The number of nitrogens with zero attached hydrogens (tertiary/aromatic N) is 3. The van der Waals surface area contributed by atoms with E-state index in [1.54, 1.807) is 0 Å². The molecule has 2 N–H and O–H groups in total. The van der Waals surface area contributed by atoms with Crippen LogP contribution in [0.15, 0.2) is 53.0 Å². The summed E-state index contributed by atoms with van der Waals surface area (Å²) in [6.07, 6.45) is 0. The van der Waals surface area contributed by atoms with Crippen LogP contribution in [-0.4, -0.2) is 19.6 Å².